The van der Waals surface area contributed by atoms with E-state index in [1.54, 1.807) is 0 Å². The van der Waals surface area contributed by atoms with Gasteiger partial charge in [-0.3, -0.25) is 4.79 Å². The average Bonchev–Trinajstić information content (AvgIpc) is 2.63. The second-order valence-corrected chi connectivity index (χ2v) is 3.35. The number of aromatic nitrogens is 1. The molecule has 0 atom stereocenters. The predicted molar refractivity (Wildman–Crippen MR) is 56.3 cm³/mol. The fourth-order valence-corrected chi connectivity index (χ4v) is 1.29. The molecule has 0 bridgehead atoms. The summed E-state index contributed by atoms with van der Waals surface area (Å²) >= 11 is 0. The summed E-state index contributed by atoms with van der Waals surface area (Å²) in [7, 11) is 0. The first kappa shape index (κ1) is 13.2. The zero-order valence-electron chi connectivity index (χ0n) is 8.92. The summed E-state index contributed by atoms with van der Waals surface area (Å²) in [6.07, 6.45) is 2.19. The van der Waals surface area contributed by atoms with Crippen molar-refractivity contribution in [3.05, 3.63) is 24.0 Å². The smallest absolute Gasteiger partial charge is 0.350 e. The molecule has 0 aliphatic carbocycles. The van der Waals surface area contributed by atoms with E-state index in [9.17, 15) is 18.0 Å². The van der Waals surface area contributed by atoms with Crippen LogP contribution in [0.4, 0.5) is 13.2 Å². The zero-order valence-corrected chi connectivity index (χ0v) is 8.92. The molecule has 0 saturated carbocycles. The quantitative estimate of drug-likeness (QED) is 0.636. The van der Waals surface area contributed by atoms with E-state index < -0.39 is 18.6 Å². The van der Waals surface area contributed by atoms with Gasteiger partial charge in [0.2, 0.25) is 0 Å². The number of hydrogen-bond acceptors (Lipinski definition) is 1. The number of hydrogen-bond donors (Lipinski definition) is 1. The fourth-order valence-electron chi connectivity index (χ4n) is 1.29. The highest BCUT2D eigenvalue weighted by atomic mass is 19.4. The van der Waals surface area contributed by atoms with Crippen LogP contribution >= 0.6 is 0 Å². The van der Waals surface area contributed by atoms with Crippen LogP contribution in [0.2, 0.25) is 0 Å². The third-order valence-corrected chi connectivity index (χ3v) is 1.97. The van der Waals surface area contributed by atoms with Gasteiger partial charge in [-0.2, -0.15) is 13.2 Å². The maximum Gasteiger partial charge on any atom is 0.406 e. The van der Waals surface area contributed by atoms with Crippen molar-refractivity contribution in [2.75, 3.05) is 6.54 Å². The van der Waals surface area contributed by atoms with Gasteiger partial charge in [0.05, 0.1) is 0 Å². The number of alkyl halides is 3. The van der Waals surface area contributed by atoms with Gasteiger partial charge in [-0.05, 0) is 12.1 Å². The van der Waals surface area contributed by atoms with Crippen molar-refractivity contribution in [1.29, 1.82) is 0 Å². The Morgan fingerprint density at radius 2 is 2.24 bits per heavy atom. The summed E-state index contributed by atoms with van der Waals surface area (Å²) in [5.74, 6) is 1.76. The van der Waals surface area contributed by atoms with E-state index in [-0.39, 0.29) is 12.2 Å². The van der Waals surface area contributed by atoms with E-state index in [1.165, 1.54) is 18.3 Å². The molecular weight excluding hydrogens is 233 g/mol. The van der Waals surface area contributed by atoms with Gasteiger partial charge in [-0.15, -0.1) is 12.3 Å². The molecule has 0 aromatic carbocycles. The molecule has 0 aliphatic rings. The highest BCUT2D eigenvalue weighted by Crippen LogP contribution is 2.18. The van der Waals surface area contributed by atoms with E-state index in [0.717, 1.165) is 4.57 Å². The summed E-state index contributed by atoms with van der Waals surface area (Å²) in [4.78, 5) is 11.5. The molecule has 0 fully saturated rings. The van der Waals surface area contributed by atoms with Gasteiger partial charge in [-0.1, -0.05) is 0 Å². The minimum absolute atomic E-state index is 0.0284. The van der Waals surface area contributed by atoms with Crippen molar-refractivity contribution in [3.8, 4) is 12.3 Å². The van der Waals surface area contributed by atoms with Gasteiger partial charge in [0.25, 0.3) is 5.91 Å². The Labute approximate surface area is 96.6 Å². The van der Waals surface area contributed by atoms with Gasteiger partial charge in [0.1, 0.15) is 12.2 Å². The van der Waals surface area contributed by atoms with Gasteiger partial charge in [-0.25, -0.2) is 0 Å². The van der Waals surface area contributed by atoms with E-state index in [4.69, 9.17) is 6.42 Å². The number of carbonyl (C=O) groups is 1. The molecule has 1 rings (SSSR count). The lowest BCUT2D eigenvalue weighted by Crippen LogP contribution is -2.28. The third-order valence-electron chi connectivity index (χ3n) is 1.97. The first-order valence-electron chi connectivity index (χ1n) is 4.87. The molecule has 1 aromatic heterocycles. The number of carbonyl (C=O) groups excluding carboxylic acids is 1. The molecular formula is C11H11F3N2O. The standard InChI is InChI=1S/C11H11F3N2O/c1-2-3-6-15-10(17)9-5-4-7-16(9)8-11(12,13)14/h1,4-5,7H,3,6,8H2,(H,15,17). The van der Waals surface area contributed by atoms with Crippen LogP contribution in [0.3, 0.4) is 0 Å². The largest absolute Gasteiger partial charge is 0.406 e. The molecule has 0 aliphatic heterocycles. The topological polar surface area (TPSA) is 34.0 Å². The first-order chi connectivity index (χ1) is 7.94. The second kappa shape index (κ2) is 5.43. The number of nitrogens with one attached hydrogen (secondary N) is 1. The molecule has 92 valence electrons. The van der Waals surface area contributed by atoms with Gasteiger partial charge < -0.3 is 9.88 Å². The van der Waals surface area contributed by atoms with E-state index in [2.05, 4.69) is 11.2 Å². The number of amides is 1. The molecule has 1 aromatic rings. The van der Waals surface area contributed by atoms with Crippen LogP contribution in [0.15, 0.2) is 18.3 Å². The van der Waals surface area contributed by atoms with Crippen LogP contribution in [-0.4, -0.2) is 23.2 Å². The van der Waals surface area contributed by atoms with Crippen molar-refractivity contribution in [3.63, 3.8) is 0 Å². The summed E-state index contributed by atoms with van der Waals surface area (Å²) in [6, 6.07) is 2.72. The Morgan fingerprint density at radius 3 is 2.82 bits per heavy atom. The van der Waals surface area contributed by atoms with E-state index in [0.29, 0.717) is 6.42 Å². The van der Waals surface area contributed by atoms with Crippen LogP contribution in [0, 0.1) is 12.3 Å². The fraction of sp³-hybridized carbons (Fsp3) is 0.364. The second-order valence-electron chi connectivity index (χ2n) is 3.35. The van der Waals surface area contributed by atoms with E-state index in [1.807, 2.05) is 0 Å². The molecule has 1 N–H and O–H groups in total. The number of nitrogens with zero attached hydrogens (tertiary/aromatic N) is 1. The Kier molecular flexibility index (Phi) is 4.21. The van der Waals surface area contributed by atoms with Crippen LogP contribution < -0.4 is 5.32 Å². The lowest BCUT2D eigenvalue weighted by molar-refractivity contribution is -0.140. The van der Waals surface area contributed by atoms with E-state index >= 15 is 0 Å². The Morgan fingerprint density at radius 1 is 1.53 bits per heavy atom. The van der Waals surface area contributed by atoms with Crippen molar-refractivity contribution in [1.82, 2.24) is 9.88 Å². The van der Waals surface area contributed by atoms with Crippen molar-refractivity contribution < 1.29 is 18.0 Å². The Hall–Kier alpha value is -1.90. The highest BCUT2D eigenvalue weighted by molar-refractivity contribution is 5.92. The van der Waals surface area contributed by atoms with Crippen molar-refractivity contribution in [2.24, 2.45) is 0 Å². The molecule has 17 heavy (non-hydrogen) atoms. The summed E-state index contributed by atoms with van der Waals surface area (Å²) in [6.45, 7) is -0.940. The van der Waals surface area contributed by atoms with Gasteiger partial charge in [0.15, 0.2) is 0 Å². The van der Waals surface area contributed by atoms with Crippen LogP contribution in [0.5, 0.6) is 0 Å². The van der Waals surface area contributed by atoms with Crippen LogP contribution in [0.1, 0.15) is 16.9 Å². The molecule has 1 heterocycles. The first-order valence-corrected chi connectivity index (χ1v) is 4.87. The zero-order chi connectivity index (χ0) is 12.9. The summed E-state index contributed by atoms with van der Waals surface area (Å²) in [5.41, 5.74) is -0.0284. The minimum atomic E-state index is -4.35. The van der Waals surface area contributed by atoms with Crippen LogP contribution in [0.25, 0.3) is 0 Å². The average molecular weight is 244 g/mol. The molecule has 6 heteroatoms. The monoisotopic (exact) mass is 244 g/mol. The maximum absolute atomic E-state index is 12.2. The third kappa shape index (κ3) is 4.23. The summed E-state index contributed by atoms with van der Waals surface area (Å²) in [5, 5.41) is 2.44. The number of rotatable bonds is 4. The normalized spacial score (nSPS) is 10.9. The predicted octanol–water partition coefficient (Wildman–Crippen LogP) is 1.80. The number of terminal acetylenes is 1. The SMILES string of the molecule is C#CCCNC(=O)c1cccn1CC(F)(F)F. The molecule has 0 unspecified atom stereocenters. The Balaban J connectivity index is 2.68. The molecule has 0 saturated heterocycles. The molecule has 3 nitrogen and oxygen atoms in total. The van der Waals surface area contributed by atoms with Gasteiger partial charge >= 0.3 is 6.18 Å². The number of halogens is 3. The lowest BCUT2D eigenvalue weighted by Gasteiger charge is -2.11. The maximum atomic E-state index is 12.2. The van der Waals surface area contributed by atoms with Crippen molar-refractivity contribution >= 4 is 5.91 Å². The van der Waals surface area contributed by atoms with Gasteiger partial charge in [0, 0.05) is 19.2 Å². The Bertz CT molecular complexity index is 429. The highest BCUT2D eigenvalue weighted by Gasteiger charge is 2.29. The minimum Gasteiger partial charge on any atom is -0.350 e. The molecule has 1 amide bonds. The lowest BCUT2D eigenvalue weighted by atomic mass is 10.3. The van der Waals surface area contributed by atoms with Crippen molar-refractivity contribution in [2.45, 2.75) is 19.1 Å². The van der Waals surface area contributed by atoms with Crippen LogP contribution in [-0.2, 0) is 6.54 Å². The molecule has 0 spiro atoms. The molecule has 0 radical (unpaired) electrons. The summed E-state index contributed by atoms with van der Waals surface area (Å²) < 4.78 is 37.4.